The van der Waals surface area contributed by atoms with Crippen LogP contribution in [-0.2, 0) is 14.4 Å². The van der Waals surface area contributed by atoms with Gasteiger partial charge in [0.1, 0.15) is 11.8 Å². The highest BCUT2D eigenvalue weighted by Crippen LogP contribution is 2.27. The van der Waals surface area contributed by atoms with Crippen LogP contribution >= 0.6 is 0 Å². The van der Waals surface area contributed by atoms with E-state index in [2.05, 4.69) is 10.6 Å². The molecule has 1 aromatic rings. The Bertz CT molecular complexity index is 713. The summed E-state index contributed by atoms with van der Waals surface area (Å²) in [6.07, 6.45) is 5.64. The van der Waals surface area contributed by atoms with Crippen molar-refractivity contribution in [1.82, 2.24) is 10.6 Å². The van der Waals surface area contributed by atoms with E-state index in [4.69, 9.17) is 4.74 Å². The first-order chi connectivity index (χ1) is 13.5. The molecule has 2 fully saturated rings. The Morgan fingerprint density at radius 3 is 2.46 bits per heavy atom. The van der Waals surface area contributed by atoms with E-state index in [1.165, 1.54) is 6.42 Å². The van der Waals surface area contributed by atoms with E-state index in [0.29, 0.717) is 12.3 Å². The lowest BCUT2D eigenvalue weighted by Crippen LogP contribution is -2.50. The summed E-state index contributed by atoms with van der Waals surface area (Å²) in [5.74, 6) is -0.251. The molecule has 3 rings (SSSR count). The van der Waals surface area contributed by atoms with Crippen molar-refractivity contribution in [2.75, 3.05) is 18.6 Å². The van der Waals surface area contributed by atoms with Crippen LogP contribution < -0.4 is 20.3 Å². The Labute approximate surface area is 165 Å². The van der Waals surface area contributed by atoms with Crippen LogP contribution in [0.5, 0.6) is 5.75 Å². The number of carbonyl (C=O) groups excluding carboxylic acids is 3. The van der Waals surface area contributed by atoms with E-state index < -0.39 is 12.0 Å². The monoisotopic (exact) mass is 387 g/mol. The normalized spacial score (nSPS) is 21.3. The first kappa shape index (κ1) is 20.2. The van der Waals surface area contributed by atoms with Crippen LogP contribution in [0.3, 0.4) is 0 Å². The minimum Gasteiger partial charge on any atom is -0.497 e. The SMILES string of the molecule is COc1ccc(N2CC(C(=O)N[C@@H](C)C(=O)NC3CCCCC3)CC2=O)cc1. The third-order valence-electron chi connectivity index (χ3n) is 5.58. The van der Waals surface area contributed by atoms with E-state index in [-0.39, 0.29) is 30.2 Å². The number of methoxy groups -OCH3 is 1. The number of nitrogens with zero attached hydrogens (tertiary/aromatic N) is 1. The zero-order valence-electron chi connectivity index (χ0n) is 16.6. The number of ether oxygens (including phenoxy) is 1. The van der Waals surface area contributed by atoms with Crippen molar-refractivity contribution < 1.29 is 19.1 Å². The second-order valence-corrected chi connectivity index (χ2v) is 7.68. The molecule has 28 heavy (non-hydrogen) atoms. The lowest BCUT2D eigenvalue weighted by atomic mass is 9.95. The van der Waals surface area contributed by atoms with Crippen molar-refractivity contribution in [2.24, 2.45) is 5.92 Å². The van der Waals surface area contributed by atoms with Crippen molar-refractivity contribution >= 4 is 23.4 Å². The van der Waals surface area contributed by atoms with Crippen LogP contribution in [0.25, 0.3) is 0 Å². The van der Waals surface area contributed by atoms with Crippen molar-refractivity contribution in [3.63, 3.8) is 0 Å². The summed E-state index contributed by atoms with van der Waals surface area (Å²) in [6, 6.07) is 6.77. The number of nitrogens with one attached hydrogen (secondary N) is 2. The number of amides is 3. The summed E-state index contributed by atoms with van der Waals surface area (Å²) in [6.45, 7) is 2.00. The predicted octanol–water partition coefficient (Wildman–Crippen LogP) is 2.00. The molecule has 1 unspecified atom stereocenters. The molecule has 3 amide bonds. The average molecular weight is 387 g/mol. The van der Waals surface area contributed by atoms with Crippen LogP contribution in [0.15, 0.2) is 24.3 Å². The van der Waals surface area contributed by atoms with E-state index in [9.17, 15) is 14.4 Å². The highest BCUT2D eigenvalue weighted by atomic mass is 16.5. The van der Waals surface area contributed by atoms with Gasteiger partial charge in [-0.25, -0.2) is 0 Å². The molecular weight excluding hydrogens is 358 g/mol. The van der Waals surface area contributed by atoms with Crippen LogP contribution in [0, 0.1) is 5.92 Å². The number of hydrogen-bond acceptors (Lipinski definition) is 4. The summed E-state index contributed by atoms with van der Waals surface area (Å²) in [5, 5.41) is 5.80. The molecule has 152 valence electrons. The summed E-state index contributed by atoms with van der Waals surface area (Å²) in [5.41, 5.74) is 0.740. The van der Waals surface area contributed by atoms with Crippen molar-refractivity contribution in [2.45, 2.75) is 57.5 Å². The maximum absolute atomic E-state index is 12.6. The summed E-state index contributed by atoms with van der Waals surface area (Å²) < 4.78 is 5.13. The molecule has 2 atom stereocenters. The van der Waals surface area contributed by atoms with Gasteiger partial charge in [-0.1, -0.05) is 19.3 Å². The van der Waals surface area contributed by atoms with Gasteiger partial charge in [0.2, 0.25) is 17.7 Å². The van der Waals surface area contributed by atoms with Gasteiger partial charge >= 0.3 is 0 Å². The van der Waals surface area contributed by atoms with Crippen molar-refractivity contribution in [3.05, 3.63) is 24.3 Å². The Balaban J connectivity index is 1.52. The quantitative estimate of drug-likeness (QED) is 0.782. The van der Waals surface area contributed by atoms with Gasteiger partial charge in [0.15, 0.2) is 0 Å². The van der Waals surface area contributed by atoms with Crippen LogP contribution in [0.2, 0.25) is 0 Å². The first-order valence-electron chi connectivity index (χ1n) is 10.0. The van der Waals surface area contributed by atoms with Gasteiger partial charge in [-0.15, -0.1) is 0 Å². The average Bonchev–Trinajstić information content (AvgIpc) is 3.10. The topological polar surface area (TPSA) is 87.7 Å². The minimum absolute atomic E-state index is 0.0929. The van der Waals surface area contributed by atoms with Gasteiger partial charge in [-0.05, 0) is 44.0 Å². The fourth-order valence-corrected chi connectivity index (χ4v) is 3.86. The molecule has 2 aliphatic rings. The number of rotatable bonds is 6. The fraction of sp³-hybridized carbons (Fsp3) is 0.571. The maximum atomic E-state index is 12.6. The second-order valence-electron chi connectivity index (χ2n) is 7.68. The molecule has 1 saturated heterocycles. The van der Waals surface area contributed by atoms with Crippen molar-refractivity contribution in [3.8, 4) is 5.75 Å². The Hall–Kier alpha value is -2.57. The Morgan fingerprint density at radius 2 is 1.82 bits per heavy atom. The molecule has 0 bridgehead atoms. The van der Waals surface area contributed by atoms with Gasteiger partial charge in [-0.2, -0.15) is 0 Å². The summed E-state index contributed by atoms with van der Waals surface area (Å²) in [7, 11) is 1.59. The zero-order valence-corrected chi connectivity index (χ0v) is 16.6. The number of benzene rings is 1. The molecule has 1 aliphatic heterocycles. The lowest BCUT2D eigenvalue weighted by Gasteiger charge is -2.25. The molecule has 1 aromatic carbocycles. The highest BCUT2D eigenvalue weighted by Gasteiger charge is 2.36. The van der Waals surface area contributed by atoms with E-state index in [1.54, 1.807) is 43.2 Å². The van der Waals surface area contributed by atoms with Crippen molar-refractivity contribution in [1.29, 1.82) is 0 Å². The van der Waals surface area contributed by atoms with Gasteiger partial charge in [0.25, 0.3) is 0 Å². The third-order valence-corrected chi connectivity index (χ3v) is 5.58. The Kier molecular flexibility index (Phi) is 6.54. The molecule has 0 radical (unpaired) electrons. The van der Waals surface area contributed by atoms with Gasteiger partial charge in [0, 0.05) is 24.7 Å². The van der Waals surface area contributed by atoms with Gasteiger partial charge in [0.05, 0.1) is 13.0 Å². The molecule has 2 N–H and O–H groups in total. The molecule has 0 spiro atoms. The highest BCUT2D eigenvalue weighted by molar-refractivity contribution is 6.01. The van der Waals surface area contributed by atoms with Crippen LogP contribution in [-0.4, -0.2) is 43.5 Å². The number of carbonyl (C=O) groups is 3. The fourth-order valence-electron chi connectivity index (χ4n) is 3.86. The molecule has 1 heterocycles. The molecule has 1 saturated carbocycles. The number of hydrogen-bond donors (Lipinski definition) is 2. The third kappa shape index (κ3) is 4.82. The minimum atomic E-state index is -0.612. The maximum Gasteiger partial charge on any atom is 0.242 e. The molecule has 7 heteroatoms. The largest absolute Gasteiger partial charge is 0.497 e. The van der Waals surface area contributed by atoms with E-state index in [0.717, 1.165) is 31.4 Å². The number of anilines is 1. The summed E-state index contributed by atoms with van der Waals surface area (Å²) in [4.78, 5) is 38.9. The lowest BCUT2D eigenvalue weighted by molar-refractivity contribution is -0.131. The van der Waals surface area contributed by atoms with E-state index in [1.807, 2.05) is 0 Å². The standard InChI is InChI=1S/C21H29N3O4/c1-14(20(26)23-16-6-4-3-5-7-16)22-21(27)15-12-19(25)24(13-15)17-8-10-18(28-2)11-9-17/h8-11,14-16H,3-7,12-13H2,1-2H3,(H,22,27)(H,23,26)/t14-,15?/m0/s1. The molecule has 1 aliphatic carbocycles. The molecular formula is C21H29N3O4. The van der Waals surface area contributed by atoms with E-state index >= 15 is 0 Å². The predicted molar refractivity (Wildman–Crippen MR) is 106 cm³/mol. The van der Waals surface area contributed by atoms with Crippen LogP contribution in [0.1, 0.15) is 45.4 Å². The van der Waals surface area contributed by atoms with Crippen LogP contribution in [0.4, 0.5) is 5.69 Å². The first-order valence-corrected chi connectivity index (χ1v) is 10.0. The smallest absolute Gasteiger partial charge is 0.242 e. The zero-order chi connectivity index (χ0) is 20.1. The summed E-state index contributed by atoms with van der Waals surface area (Å²) >= 11 is 0. The Morgan fingerprint density at radius 1 is 1.14 bits per heavy atom. The van der Waals surface area contributed by atoms with Gasteiger partial charge < -0.3 is 20.3 Å². The van der Waals surface area contributed by atoms with Gasteiger partial charge in [-0.3, -0.25) is 14.4 Å². The second kappa shape index (κ2) is 9.08. The molecule has 0 aromatic heterocycles. The molecule has 7 nitrogen and oxygen atoms in total.